The van der Waals surface area contributed by atoms with Gasteiger partial charge in [0, 0.05) is 13.1 Å². The molecule has 0 saturated carbocycles. The Morgan fingerprint density at radius 3 is 2.81 bits per heavy atom. The number of halogens is 2. The average Bonchev–Trinajstić information content (AvgIpc) is 2.98. The van der Waals surface area contributed by atoms with Crippen LogP contribution in [0.25, 0.3) is 0 Å². The molecule has 1 saturated heterocycles. The van der Waals surface area contributed by atoms with Crippen molar-refractivity contribution < 1.29 is 37.4 Å². The van der Waals surface area contributed by atoms with E-state index in [-0.39, 0.29) is 30.0 Å². The summed E-state index contributed by atoms with van der Waals surface area (Å²) >= 11 is 0. The number of carbonyl (C=O) groups is 3. The molecule has 3 rings (SSSR count). The van der Waals surface area contributed by atoms with Crippen molar-refractivity contribution in [3.8, 4) is 0 Å². The molecule has 0 bridgehead atoms. The average molecular weight is 371 g/mol. The second kappa shape index (κ2) is 6.65. The fourth-order valence-corrected chi connectivity index (χ4v) is 2.76. The van der Waals surface area contributed by atoms with Crippen LogP contribution in [0.4, 0.5) is 34.5 Å². The molecule has 0 aliphatic carbocycles. The lowest BCUT2D eigenvalue weighted by atomic mass is 10.1. The van der Waals surface area contributed by atoms with Crippen molar-refractivity contribution in [3.63, 3.8) is 0 Å². The molecule has 11 heteroatoms. The first-order valence-corrected chi connectivity index (χ1v) is 7.54. The van der Waals surface area contributed by atoms with Crippen LogP contribution in [-0.4, -0.2) is 51.6 Å². The Kier molecular flexibility index (Phi) is 4.53. The van der Waals surface area contributed by atoms with E-state index in [9.17, 15) is 23.2 Å². The third-order valence-corrected chi connectivity index (χ3v) is 4.04. The van der Waals surface area contributed by atoms with Gasteiger partial charge in [0.25, 0.3) is 0 Å². The Morgan fingerprint density at radius 2 is 2.12 bits per heavy atom. The number of carbonyl (C=O) groups excluding carboxylic acids is 3. The summed E-state index contributed by atoms with van der Waals surface area (Å²) in [5.74, 6) is -1.77. The maximum Gasteiger partial charge on any atom is 0.414 e. The molecule has 0 radical (unpaired) electrons. The van der Waals surface area contributed by atoms with Crippen molar-refractivity contribution in [2.75, 3.05) is 37.0 Å². The van der Waals surface area contributed by atoms with Crippen LogP contribution >= 0.6 is 0 Å². The van der Waals surface area contributed by atoms with Crippen LogP contribution in [0.2, 0.25) is 0 Å². The second-order valence-electron chi connectivity index (χ2n) is 5.62. The van der Waals surface area contributed by atoms with Gasteiger partial charge in [-0.15, -0.1) is 0 Å². The summed E-state index contributed by atoms with van der Waals surface area (Å²) in [7, 11) is 2.43. The highest BCUT2D eigenvalue weighted by Gasteiger charge is 2.37. The number of amides is 3. The number of hydrogen-bond donors (Lipinski definition) is 1. The number of methoxy groups -OCH3 is 1. The van der Waals surface area contributed by atoms with E-state index in [4.69, 9.17) is 9.47 Å². The molecule has 2 aliphatic rings. The number of fused-ring (bicyclic) bond motifs is 1. The predicted molar refractivity (Wildman–Crippen MR) is 83.0 cm³/mol. The summed E-state index contributed by atoms with van der Waals surface area (Å²) in [4.78, 5) is 36.4. The molecule has 2 heterocycles. The normalized spacial score (nSPS) is 19.0. The largest absolute Gasteiger partial charge is 0.453 e. The number of benzene rings is 1. The fourth-order valence-electron chi connectivity index (χ4n) is 2.76. The lowest BCUT2D eigenvalue weighted by molar-refractivity contribution is 0.132. The molecule has 1 fully saturated rings. The van der Waals surface area contributed by atoms with Crippen LogP contribution < -0.4 is 15.1 Å². The van der Waals surface area contributed by atoms with Crippen LogP contribution in [0.1, 0.15) is 5.56 Å². The quantitative estimate of drug-likeness (QED) is 0.813. The van der Waals surface area contributed by atoms with Crippen LogP contribution in [-0.2, 0) is 20.8 Å². The van der Waals surface area contributed by atoms with Gasteiger partial charge >= 0.3 is 18.3 Å². The number of nitrogens with zero attached hydrogens (tertiary/aromatic N) is 2. The molecule has 26 heavy (non-hydrogen) atoms. The molecular formula is C15H15F2N3O6. The molecule has 2 aliphatic heterocycles. The summed E-state index contributed by atoms with van der Waals surface area (Å²) in [6.07, 6.45) is -3.17. The van der Waals surface area contributed by atoms with Crippen LogP contribution in [0.15, 0.2) is 6.07 Å². The van der Waals surface area contributed by atoms with Crippen molar-refractivity contribution in [3.05, 3.63) is 23.3 Å². The minimum absolute atomic E-state index is 0.0513. The monoisotopic (exact) mass is 371 g/mol. The maximum atomic E-state index is 14.8. The van der Waals surface area contributed by atoms with Gasteiger partial charge in [-0.05, 0) is 0 Å². The van der Waals surface area contributed by atoms with Gasteiger partial charge in [-0.2, -0.15) is 0 Å². The van der Waals surface area contributed by atoms with Gasteiger partial charge in [0.2, 0.25) is 0 Å². The molecule has 0 aromatic heterocycles. The molecule has 1 atom stereocenters. The molecule has 140 valence electrons. The maximum absolute atomic E-state index is 14.8. The molecule has 1 unspecified atom stereocenters. The minimum Gasteiger partial charge on any atom is -0.453 e. The zero-order valence-corrected chi connectivity index (χ0v) is 13.9. The van der Waals surface area contributed by atoms with E-state index in [0.717, 1.165) is 15.9 Å². The standard InChI is InChI=1S/C15H15F2N3O6/c1-19-12-8(6-25-14(19)22)11(17)10(3-9(12)16)20-5-7(26-15(20)23)4-18-13(21)24-2/h3,7H,4-6H2,1-2H3,(H,18,21). The van der Waals surface area contributed by atoms with Gasteiger partial charge in [-0.3, -0.25) is 9.80 Å². The number of alkyl carbamates (subject to hydrolysis) is 1. The van der Waals surface area contributed by atoms with Gasteiger partial charge < -0.3 is 19.5 Å². The Labute approximate surface area is 146 Å². The highest BCUT2D eigenvalue weighted by atomic mass is 19.1. The fraction of sp³-hybridized carbons (Fsp3) is 0.400. The molecule has 0 spiro atoms. The molecule has 3 amide bonds. The van der Waals surface area contributed by atoms with Gasteiger partial charge in [0.05, 0.1) is 37.1 Å². The summed E-state index contributed by atoms with van der Waals surface area (Å²) in [5.41, 5.74) is -0.747. The number of hydrogen-bond acceptors (Lipinski definition) is 6. The summed E-state index contributed by atoms with van der Waals surface area (Å²) in [5, 5.41) is 2.36. The summed E-state index contributed by atoms with van der Waals surface area (Å²) < 4.78 is 43.5. The van der Waals surface area contributed by atoms with E-state index in [1.807, 2.05) is 0 Å². The molecule has 1 aromatic rings. The third-order valence-electron chi connectivity index (χ3n) is 4.04. The first kappa shape index (κ1) is 17.7. The number of anilines is 2. The second-order valence-corrected chi connectivity index (χ2v) is 5.62. The van der Waals surface area contributed by atoms with Gasteiger partial charge in [0.1, 0.15) is 18.5 Å². The zero-order chi connectivity index (χ0) is 19.0. The van der Waals surface area contributed by atoms with E-state index in [2.05, 4.69) is 10.1 Å². The first-order chi connectivity index (χ1) is 12.3. The smallest absolute Gasteiger partial charge is 0.414 e. The highest BCUT2D eigenvalue weighted by molar-refractivity contribution is 5.93. The predicted octanol–water partition coefficient (Wildman–Crippen LogP) is 1.73. The first-order valence-electron chi connectivity index (χ1n) is 7.54. The number of cyclic esters (lactones) is 2. The number of rotatable bonds is 3. The topological polar surface area (TPSA) is 97.4 Å². The highest BCUT2D eigenvalue weighted by Crippen LogP contribution is 2.37. The van der Waals surface area contributed by atoms with Crippen LogP contribution in [0.5, 0.6) is 0 Å². The van der Waals surface area contributed by atoms with Crippen molar-refractivity contribution in [2.45, 2.75) is 12.7 Å². The van der Waals surface area contributed by atoms with Gasteiger partial charge in [0.15, 0.2) is 5.82 Å². The van der Waals surface area contributed by atoms with Crippen molar-refractivity contribution in [1.82, 2.24) is 5.32 Å². The van der Waals surface area contributed by atoms with Crippen molar-refractivity contribution in [1.29, 1.82) is 0 Å². The lowest BCUT2D eigenvalue weighted by Gasteiger charge is -2.28. The van der Waals surface area contributed by atoms with Crippen molar-refractivity contribution >= 4 is 29.7 Å². The Morgan fingerprint density at radius 1 is 1.38 bits per heavy atom. The number of ether oxygens (including phenoxy) is 3. The number of nitrogens with one attached hydrogen (secondary N) is 1. The Bertz CT molecular complexity index is 787. The third kappa shape index (κ3) is 2.95. The van der Waals surface area contributed by atoms with Gasteiger partial charge in [-0.25, -0.2) is 23.2 Å². The minimum atomic E-state index is -0.890. The summed E-state index contributed by atoms with van der Waals surface area (Å²) in [6.45, 7) is -0.608. The van der Waals surface area contributed by atoms with Crippen LogP contribution in [0.3, 0.4) is 0 Å². The Balaban J connectivity index is 1.86. The molecule has 9 nitrogen and oxygen atoms in total. The van der Waals surface area contributed by atoms with E-state index in [0.29, 0.717) is 0 Å². The molecule has 1 N–H and O–H groups in total. The van der Waals surface area contributed by atoms with Gasteiger partial charge in [-0.1, -0.05) is 0 Å². The van der Waals surface area contributed by atoms with E-state index >= 15 is 0 Å². The van der Waals surface area contributed by atoms with Crippen LogP contribution in [0, 0.1) is 11.6 Å². The molecule has 1 aromatic carbocycles. The molecular weight excluding hydrogens is 356 g/mol. The SMILES string of the molecule is COC(=O)NCC1CN(c2cc(F)c3c(c2F)COC(=O)N3C)C(=O)O1. The van der Waals surface area contributed by atoms with E-state index in [1.54, 1.807) is 0 Å². The summed E-state index contributed by atoms with van der Waals surface area (Å²) in [6, 6.07) is 0.820. The van der Waals surface area contributed by atoms with E-state index < -0.39 is 42.6 Å². The Hall–Kier alpha value is -3.11. The zero-order valence-electron chi connectivity index (χ0n) is 13.9. The lowest BCUT2D eigenvalue weighted by Crippen LogP contribution is -2.35. The van der Waals surface area contributed by atoms with E-state index in [1.165, 1.54) is 14.2 Å². The van der Waals surface area contributed by atoms with Crippen molar-refractivity contribution in [2.24, 2.45) is 0 Å².